The number of phenolic OH excluding ortho intramolecular Hbond substituents is 4. The van der Waals surface area contributed by atoms with Gasteiger partial charge in [-0.1, -0.05) is 12.1 Å². The molecule has 104 valence electrons. The van der Waals surface area contributed by atoms with Gasteiger partial charge in [0.1, 0.15) is 5.92 Å². The van der Waals surface area contributed by atoms with Gasteiger partial charge in [-0.05, 0) is 35.4 Å². The van der Waals surface area contributed by atoms with Gasteiger partial charge in [-0.25, -0.2) is 0 Å². The Morgan fingerprint density at radius 2 is 1.15 bits per heavy atom. The standard InChI is InChI=1S/C14H12O6/c15-9-3-1-7(5-11(9)17)13(14(19)20)8-2-4-10(16)12(18)6-8/h1-6,13,15-18H,(H,19,20). The first-order valence-corrected chi connectivity index (χ1v) is 5.66. The van der Waals surface area contributed by atoms with E-state index in [4.69, 9.17) is 0 Å². The zero-order valence-electron chi connectivity index (χ0n) is 10.2. The molecule has 20 heavy (non-hydrogen) atoms. The molecule has 0 fully saturated rings. The SMILES string of the molecule is O=C(O)C(c1ccc(O)c(O)c1)c1ccc(O)c(O)c1. The summed E-state index contributed by atoms with van der Waals surface area (Å²) in [5.41, 5.74) is 0.468. The highest BCUT2D eigenvalue weighted by atomic mass is 16.4. The smallest absolute Gasteiger partial charge is 0.315 e. The van der Waals surface area contributed by atoms with Gasteiger partial charge in [0.05, 0.1) is 0 Å². The molecule has 5 N–H and O–H groups in total. The number of carboxylic acid groups (broad SMARTS) is 1. The lowest BCUT2D eigenvalue weighted by Gasteiger charge is -2.14. The molecule has 0 aliphatic carbocycles. The molecule has 0 atom stereocenters. The second-order valence-electron chi connectivity index (χ2n) is 4.27. The average molecular weight is 276 g/mol. The average Bonchev–Trinajstić information content (AvgIpc) is 2.38. The Balaban J connectivity index is 2.53. The monoisotopic (exact) mass is 276 g/mol. The highest BCUT2D eigenvalue weighted by Gasteiger charge is 2.24. The number of aliphatic carboxylic acids is 1. The van der Waals surface area contributed by atoms with Crippen LogP contribution in [0.3, 0.4) is 0 Å². The number of rotatable bonds is 3. The number of carboxylic acids is 1. The van der Waals surface area contributed by atoms with Crippen molar-refractivity contribution in [3.05, 3.63) is 47.5 Å². The largest absolute Gasteiger partial charge is 0.504 e. The lowest BCUT2D eigenvalue weighted by molar-refractivity contribution is -0.137. The van der Waals surface area contributed by atoms with Gasteiger partial charge in [-0.2, -0.15) is 0 Å². The summed E-state index contributed by atoms with van der Waals surface area (Å²) in [5.74, 6) is -3.92. The Kier molecular flexibility index (Phi) is 3.39. The Bertz CT molecular complexity index is 613. The molecule has 0 aliphatic heterocycles. The first-order chi connectivity index (χ1) is 9.40. The fourth-order valence-corrected chi connectivity index (χ4v) is 1.92. The summed E-state index contributed by atoms with van der Waals surface area (Å²) in [6.07, 6.45) is 0. The van der Waals surface area contributed by atoms with Crippen LogP contribution in [0, 0.1) is 0 Å². The molecule has 0 bridgehead atoms. The third-order valence-electron chi connectivity index (χ3n) is 2.91. The van der Waals surface area contributed by atoms with Gasteiger partial charge >= 0.3 is 5.97 Å². The molecule has 6 nitrogen and oxygen atoms in total. The van der Waals surface area contributed by atoms with E-state index >= 15 is 0 Å². The fraction of sp³-hybridized carbons (Fsp3) is 0.0714. The van der Waals surface area contributed by atoms with E-state index in [0.717, 1.165) is 12.1 Å². The summed E-state index contributed by atoms with van der Waals surface area (Å²) in [6.45, 7) is 0. The molecule has 0 saturated carbocycles. The zero-order chi connectivity index (χ0) is 14.9. The van der Waals surface area contributed by atoms with Crippen LogP contribution in [-0.4, -0.2) is 31.5 Å². The van der Waals surface area contributed by atoms with E-state index < -0.39 is 23.4 Å². The van der Waals surface area contributed by atoms with Crippen molar-refractivity contribution in [3.63, 3.8) is 0 Å². The molecule has 0 aliphatic rings. The van der Waals surface area contributed by atoms with Crippen molar-refractivity contribution in [1.29, 1.82) is 0 Å². The molecule has 2 aromatic carbocycles. The Morgan fingerprint density at radius 3 is 1.45 bits per heavy atom. The summed E-state index contributed by atoms with van der Waals surface area (Å²) >= 11 is 0. The van der Waals surface area contributed by atoms with Crippen LogP contribution in [0.1, 0.15) is 17.0 Å². The number of aromatic hydroxyl groups is 4. The van der Waals surface area contributed by atoms with E-state index in [2.05, 4.69) is 0 Å². The number of carbonyl (C=O) groups is 1. The third-order valence-corrected chi connectivity index (χ3v) is 2.91. The molecular formula is C14H12O6. The number of hydrogen-bond donors (Lipinski definition) is 5. The topological polar surface area (TPSA) is 118 Å². The summed E-state index contributed by atoms with van der Waals surface area (Å²) in [4.78, 5) is 11.4. The molecule has 0 radical (unpaired) electrons. The van der Waals surface area contributed by atoms with E-state index in [0.29, 0.717) is 0 Å². The second kappa shape index (κ2) is 5.00. The molecule has 2 aromatic rings. The van der Waals surface area contributed by atoms with Crippen molar-refractivity contribution in [1.82, 2.24) is 0 Å². The summed E-state index contributed by atoms with van der Waals surface area (Å²) in [7, 11) is 0. The van der Waals surface area contributed by atoms with Crippen LogP contribution >= 0.6 is 0 Å². The molecule has 0 heterocycles. The molecular weight excluding hydrogens is 264 g/mol. The van der Waals surface area contributed by atoms with Gasteiger partial charge < -0.3 is 25.5 Å². The van der Waals surface area contributed by atoms with E-state index in [-0.39, 0.29) is 22.6 Å². The highest BCUT2D eigenvalue weighted by molar-refractivity contribution is 5.81. The molecule has 0 aromatic heterocycles. The summed E-state index contributed by atoms with van der Waals surface area (Å²) in [6, 6.07) is 7.35. The van der Waals surface area contributed by atoms with Crippen LogP contribution in [0.25, 0.3) is 0 Å². The van der Waals surface area contributed by atoms with Crippen LogP contribution in [0.5, 0.6) is 23.0 Å². The number of hydrogen-bond acceptors (Lipinski definition) is 5. The minimum Gasteiger partial charge on any atom is -0.504 e. The van der Waals surface area contributed by atoms with Gasteiger partial charge in [0, 0.05) is 0 Å². The first kappa shape index (κ1) is 13.5. The van der Waals surface area contributed by atoms with E-state index in [9.17, 15) is 30.3 Å². The van der Waals surface area contributed by atoms with E-state index in [1.54, 1.807) is 0 Å². The summed E-state index contributed by atoms with van der Waals surface area (Å²) < 4.78 is 0. The molecule has 0 amide bonds. The second-order valence-corrected chi connectivity index (χ2v) is 4.27. The predicted molar refractivity (Wildman–Crippen MR) is 69.0 cm³/mol. The van der Waals surface area contributed by atoms with Crippen LogP contribution in [0.15, 0.2) is 36.4 Å². The van der Waals surface area contributed by atoms with Crippen LogP contribution in [0.2, 0.25) is 0 Å². The molecule has 0 spiro atoms. The lowest BCUT2D eigenvalue weighted by Crippen LogP contribution is -2.13. The zero-order valence-corrected chi connectivity index (χ0v) is 10.2. The fourth-order valence-electron chi connectivity index (χ4n) is 1.92. The van der Waals surface area contributed by atoms with Crippen LogP contribution < -0.4 is 0 Å². The van der Waals surface area contributed by atoms with Crippen LogP contribution in [-0.2, 0) is 4.79 Å². The van der Waals surface area contributed by atoms with Gasteiger partial charge in [0.25, 0.3) is 0 Å². The Morgan fingerprint density at radius 1 is 0.750 bits per heavy atom. The summed E-state index contributed by atoms with van der Waals surface area (Å²) in [5, 5.41) is 46.7. The predicted octanol–water partition coefficient (Wildman–Crippen LogP) is 1.73. The van der Waals surface area contributed by atoms with Crippen LogP contribution in [0.4, 0.5) is 0 Å². The van der Waals surface area contributed by atoms with Crippen molar-refractivity contribution in [2.24, 2.45) is 0 Å². The Hall–Kier alpha value is -2.89. The third kappa shape index (κ3) is 2.44. The van der Waals surface area contributed by atoms with E-state index in [1.165, 1.54) is 24.3 Å². The molecule has 6 heteroatoms. The minimum absolute atomic E-state index is 0.234. The van der Waals surface area contributed by atoms with Crippen molar-refractivity contribution in [3.8, 4) is 23.0 Å². The van der Waals surface area contributed by atoms with Gasteiger partial charge in [-0.15, -0.1) is 0 Å². The Labute approximate surface area is 113 Å². The van der Waals surface area contributed by atoms with Gasteiger partial charge in [0.15, 0.2) is 23.0 Å². The maximum atomic E-state index is 11.4. The molecule has 0 unspecified atom stereocenters. The van der Waals surface area contributed by atoms with Crippen molar-refractivity contribution >= 4 is 5.97 Å². The first-order valence-electron chi connectivity index (χ1n) is 5.66. The highest BCUT2D eigenvalue weighted by Crippen LogP contribution is 2.35. The van der Waals surface area contributed by atoms with Gasteiger partial charge in [0.2, 0.25) is 0 Å². The number of phenols is 4. The lowest BCUT2D eigenvalue weighted by atomic mass is 9.91. The molecule has 2 rings (SSSR count). The van der Waals surface area contributed by atoms with E-state index in [1.807, 2.05) is 0 Å². The van der Waals surface area contributed by atoms with Gasteiger partial charge in [-0.3, -0.25) is 4.79 Å². The van der Waals surface area contributed by atoms with Crippen molar-refractivity contribution in [2.75, 3.05) is 0 Å². The quantitative estimate of drug-likeness (QED) is 0.545. The molecule has 0 saturated heterocycles. The normalized spacial score (nSPS) is 10.7. The maximum absolute atomic E-state index is 11.4. The number of benzene rings is 2. The minimum atomic E-state index is -1.19. The maximum Gasteiger partial charge on any atom is 0.315 e. The van der Waals surface area contributed by atoms with Crippen molar-refractivity contribution in [2.45, 2.75) is 5.92 Å². The van der Waals surface area contributed by atoms with Crippen molar-refractivity contribution < 1.29 is 30.3 Å².